The molecule has 1 aromatic heterocycles. The number of nitrogens with zero attached hydrogens (tertiary/aromatic N) is 2. The van der Waals surface area contributed by atoms with E-state index in [0.29, 0.717) is 10.1 Å². The Bertz CT molecular complexity index is 706. The Morgan fingerprint density at radius 3 is 2.85 bits per heavy atom. The Hall–Kier alpha value is -2.09. The van der Waals surface area contributed by atoms with E-state index in [4.69, 9.17) is 11.1 Å². The van der Waals surface area contributed by atoms with Crippen LogP contribution in [0.1, 0.15) is 25.5 Å². The lowest BCUT2D eigenvalue weighted by molar-refractivity contribution is 0.534. The van der Waals surface area contributed by atoms with Gasteiger partial charge in [0.15, 0.2) is 5.16 Å². The maximum absolute atomic E-state index is 13.2. The first-order valence-electron chi connectivity index (χ1n) is 5.89. The molecule has 0 radical (unpaired) electrons. The van der Waals surface area contributed by atoms with Crippen LogP contribution in [0.5, 0.6) is 0 Å². The number of H-pyrrole nitrogens is 1. The molecule has 0 unspecified atom stereocenters. The first-order valence-corrected chi connectivity index (χ1v) is 6.70. The molecule has 1 heterocycles. The zero-order chi connectivity index (χ0) is 14.9. The molecule has 0 atom stereocenters. The Labute approximate surface area is 118 Å². The summed E-state index contributed by atoms with van der Waals surface area (Å²) in [5.74, 6) is -0.705. The Kier molecular flexibility index (Phi) is 3.93. The first kappa shape index (κ1) is 14.3. The van der Waals surface area contributed by atoms with Crippen molar-refractivity contribution in [3.8, 4) is 0 Å². The van der Waals surface area contributed by atoms with Gasteiger partial charge in [0.25, 0.3) is 0 Å². The molecule has 0 amide bonds. The predicted octanol–water partition coefficient (Wildman–Crippen LogP) is 1.73. The standard InChI is InChI=1S/C12H14FN5OS/c1-6(2)18-11(19)16-17-12(18)20-9-4-3-7(13)5-8(9)10(14)15/h3-6H,1-2H3,(H3,14,15)(H,16,19). The fourth-order valence-corrected chi connectivity index (χ4v) is 2.81. The van der Waals surface area contributed by atoms with Crippen LogP contribution in [0.4, 0.5) is 4.39 Å². The van der Waals surface area contributed by atoms with Crippen molar-refractivity contribution in [2.75, 3.05) is 0 Å². The molecule has 20 heavy (non-hydrogen) atoms. The van der Waals surface area contributed by atoms with Crippen LogP contribution in [0.25, 0.3) is 0 Å². The van der Waals surface area contributed by atoms with Crippen molar-refractivity contribution < 1.29 is 4.39 Å². The summed E-state index contributed by atoms with van der Waals surface area (Å²) in [4.78, 5) is 12.2. The molecular weight excluding hydrogens is 281 g/mol. The van der Waals surface area contributed by atoms with Crippen LogP contribution in [-0.4, -0.2) is 20.6 Å². The lowest BCUT2D eigenvalue weighted by Gasteiger charge is -2.10. The molecule has 0 aliphatic carbocycles. The fourth-order valence-electron chi connectivity index (χ4n) is 1.72. The van der Waals surface area contributed by atoms with Gasteiger partial charge in [-0.3, -0.25) is 9.98 Å². The molecule has 0 bridgehead atoms. The number of rotatable bonds is 4. The largest absolute Gasteiger partial charge is 0.384 e. The Morgan fingerprint density at radius 2 is 2.25 bits per heavy atom. The summed E-state index contributed by atoms with van der Waals surface area (Å²) < 4.78 is 14.7. The molecule has 8 heteroatoms. The number of benzene rings is 1. The summed E-state index contributed by atoms with van der Waals surface area (Å²) in [6, 6.07) is 3.92. The van der Waals surface area contributed by atoms with Crippen LogP contribution in [0.15, 0.2) is 33.0 Å². The lowest BCUT2D eigenvalue weighted by Crippen LogP contribution is -2.19. The third-order valence-corrected chi connectivity index (χ3v) is 3.67. The van der Waals surface area contributed by atoms with Crippen LogP contribution in [-0.2, 0) is 0 Å². The summed E-state index contributed by atoms with van der Waals surface area (Å²) in [6.07, 6.45) is 0. The van der Waals surface area contributed by atoms with Gasteiger partial charge in [-0.05, 0) is 43.8 Å². The lowest BCUT2D eigenvalue weighted by atomic mass is 10.2. The second kappa shape index (κ2) is 5.49. The molecule has 6 nitrogen and oxygen atoms in total. The smallest absolute Gasteiger partial charge is 0.344 e. The number of aromatic nitrogens is 3. The first-order chi connectivity index (χ1) is 9.40. The third-order valence-electron chi connectivity index (χ3n) is 2.62. The van der Waals surface area contributed by atoms with E-state index < -0.39 is 5.82 Å². The molecule has 106 valence electrons. The average molecular weight is 295 g/mol. The number of nitrogen functional groups attached to an aromatic ring is 1. The normalized spacial score (nSPS) is 11.0. The van der Waals surface area contributed by atoms with E-state index >= 15 is 0 Å². The number of aromatic amines is 1. The Morgan fingerprint density at radius 1 is 1.55 bits per heavy atom. The number of hydrogen-bond acceptors (Lipinski definition) is 4. The summed E-state index contributed by atoms with van der Waals surface area (Å²) in [6.45, 7) is 3.72. The quantitative estimate of drug-likeness (QED) is 0.590. The van der Waals surface area contributed by atoms with Gasteiger partial charge in [-0.25, -0.2) is 14.3 Å². The Balaban J connectivity index is 2.45. The van der Waals surface area contributed by atoms with Crippen molar-refractivity contribution in [2.24, 2.45) is 5.73 Å². The highest BCUT2D eigenvalue weighted by Crippen LogP contribution is 2.29. The van der Waals surface area contributed by atoms with Crippen LogP contribution in [0.3, 0.4) is 0 Å². The van der Waals surface area contributed by atoms with E-state index in [1.165, 1.54) is 22.8 Å². The van der Waals surface area contributed by atoms with E-state index in [1.807, 2.05) is 13.8 Å². The monoisotopic (exact) mass is 295 g/mol. The highest BCUT2D eigenvalue weighted by Gasteiger charge is 2.15. The van der Waals surface area contributed by atoms with E-state index in [2.05, 4.69) is 10.2 Å². The molecule has 2 rings (SSSR count). The van der Waals surface area contributed by atoms with Crippen LogP contribution < -0.4 is 11.4 Å². The molecule has 0 aliphatic rings. The number of hydrogen-bond donors (Lipinski definition) is 3. The zero-order valence-corrected chi connectivity index (χ0v) is 11.8. The number of nitrogens with one attached hydrogen (secondary N) is 2. The van der Waals surface area contributed by atoms with Gasteiger partial charge in [-0.1, -0.05) is 0 Å². The second-order valence-electron chi connectivity index (χ2n) is 4.43. The van der Waals surface area contributed by atoms with Crippen molar-refractivity contribution in [1.82, 2.24) is 14.8 Å². The summed E-state index contributed by atoms with van der Waals surface area (Å²) in [5.41, 5.74) is 5.41. The van der Waals surface area contributed by atoms with Crippen molar-refractivity contribution in [1.29, 1.82) is 5.41 Å². The minimum atomic E-state index is -0.470. The van der Waals surface area contributed by atoms with E-state index in [1.54, 1.807) is 0 Å². The van der Waals surface area contributed by atoms with E-state index in [0.717, 1.165) is 11.8 Å². The average Bonchev–Trinajstić information content (AvgIpc) is 2.72. The maximum atomic E-state index is 13.2. The number of nitrogens with two attached hydrogens (primary N) is 1. The van der Waals surface area contributed by atoms with Crippen LogP contribution in [0, 0.1) is 11.2 Å². The van der Waals surface area contributed by atoms with Gasteiger partial charge >= 0.3 is 5.69 Å². The molecule has 0 spiro atoms. The highest BCUT2D eigenvalue weighted by atomic mass is 32.2. The van der Waals surface area contributed by atoms with Gasteiger partial charge in [0.1, 0.15) is 11.7 Å². The number of amidine groups is 1. The third kappa shape index (κ3) is 2.74. The van der Waals surface area contributed by atoms with Gasteiger partial charge in [0.05, 0.1) is 0 Å². The van der Waals surface area contributed by atoms with Crippen LogP contribution in [0.2, 0.25) is 0 Å². The maximum Gasteiger partial charge on any atom is 0.344 e. The highest BCUT2D eigenvalue weighted by molar-refractivity contribution is 7.99. The predicted molar refractivity (Wildman–Crippen MR) is 74.8 cm³/mol. The van der Waals surface area contributed by atoms with Crippen molar-refractivity contribution in [3.63, 3.8) is 0 Å². The van der Waals surface area contributed by atoms with Crippen LogP contribution >= 0.6 is 11.8 Å². The van der Waals surface area contributed by atoms with Gasteiger partial charge in [0, 0.05) is 16.5 Å². The topological polar surface area (TPSA) is 101 Å². The molecule has 1 aromatic carbocycles. The molecule has 0 aliphatic heterocycles. The second-order valence-corrected chi connectivity index (χ2v) is 5.44. The summed E-state index contributed by atoms with van der Waals surface area (Å²) in [5, 5.41) is 14.2. The molecule has 0 saturated carbocycles. The van der Waals surface area contributed by atoms with Crippen molar-refractivity contribution in [2.45, 2.75) is 29.9 Å². The summed E-state index contributed by atoms with van der Waals surface area (Å²) >= 11 is 1.16. The van der Waals surface area contributed by atoms with Gasteiger partial charge in [0.2, 0.25) is 0 Å². The molecule has 4 N–H and O–H groups in total. The van der Waals surface area contributed by atoms with Crippen molar-refractivity contribution in [3.05, 3.63) is 40.1 Å². The molecular formula is C12H14FN5OS. The fraction of sp³-hybridized carbons (Fsp3) is 0.250. The van der Waals surface area contributed by atoms with Gasteiger partial charge < -0.3 is 5.73 Å². The van der Waals surface area contributed by atoms with E-state index in [-0.39, 0.29) is 23.1 Å². The SMILES string of the molecule is CC(C)n1c(Sc2ccc(F)cc2C(=N)N)n[nH]c1=O. The summed E-state index contributed by atoms with van der Waals surface area (Å²) in [7, 11) is 0. The van der Waals surface area contributed by atoms with E-state index in [9.17, 15) is 9.18 Å². The van der Waals surface area contributed by atoms with Gasteiger partial charge in [-0.15, -0.1) is 5.10 Å². The minimum absolute atomic E-state index is 0.0648. The van der Waals surface area contributed by atoms with Gasteiger partial charge in [-0.2, -0.15) is 0 Å². The number of halogens is 1. The molecule has 2 aromatic rings. The minimum Gasteiger partial charge on any atom is -0.384 e. The zero-order valence-electron chi connectivity index (χ0n) is 11.0. The molecule has 0 fully saturated rings. The van der Waals surface area contributed by atoms with Crippen molar-refractivity contribution >= 4 is 17.6 Å². The molecule has 0 saturated heterocycles.